The van der Waals surface area contributed by atoms with Crippen molar-refractivity contribution in [2.24, 2.45) is 17.6 Å². The summed E-state index contributed by atoms with van der Waals surface area (Å²) in [4.78, 5) is 54.9. The Morgan fingerprint density at radius 2 is 1.74 bits per heavy atom. The summed E-state index contributed by atoms with van der Waals surface area (Å²) in [6, 6.07) is 2.11. The number of aliphatic hydroxyl groups excluding tert-OH is 2. The number of likely N-dealkylation sites (N-methyl/N-ethyl adjacent to an activating group) is 1. The molecule has 6 N–H and O–H groups in total. The van der Waals surface area contributed by atoms with Gasteiger partial charge in [0.15, 0.2) is 11.4 Å². The average molecular weight is 617 g/mol. The van der Waals surface area contributed by atoms with Gasteiger partial charge in [-0.15, -0.1) is 0 Å². The van der Waals surface area contributed by atoms with E-state index in [9.17, 15) is 39.6 Å². The van der Waals surface area contributed by atoms with E-state index in [4.69, 9.17) is 10.5 Å². The van der Waals surface area contributed by atoms with E-state index in [0.717, 1.165) is 0 Å². The molecule has 0 aliphatic heterocycles. The van der Waals surface area contributed by atoms with Gasteiger partial charge in [-0.1, -0.05) is 46.8 Å². The van der Waals surface area contributed by atoms with Crippen molar-refractivity contribution in [3.63, 3.8) is 0 Å². The third-order valence-electron chi connectivity index (χ3n) is 8.77. The van der Waals surface area contributed by atoms with E-state index in [-0.39, 0.29) is 23.3 Å². The number of nitrogens with zero attached hydrogens (tertiary/aromatic N) is 1. The van der Waals surface area contributed by atoms with Crippen molar-refractivity contribution in [1.29, 1.82) is 0 Å². The van der Waals surface area contributed by atoms with Crippen LogP contribution in [0.3, 0.4) is 0 Å². The van der Waals surface area contributed by atoms with Gasteiger partial charge in [0, 0.05) is 35.1 Å². The molecule has 1 aromatic carbocycles. The van der Waals surface area contributed by atoms with Gasteiger partial charge in [0.25, 0.3) is 5.91 Å². The number of amides is 1. The highest BCUT2D eigenvalue weighted by Gasteiger charge is 2.69. The summed E-state index contributed by atoms with van der Waals surface area (Å²) < 4.78 is 5.95. The third kappa shape index (κ3) is 4.83. The molecule has 4 unspecified atom stereocenters. The number of fused-ring (bicyclic) bond motifs is 3. The van der Waals surface area contributed by atoms with E-state index >= 15 is 0 Å². The number of aromatic hydroxyl groups is 1. The van der Waals surface area contributed by atoms with Crippen molar-refractivity contribution in [2.45, 2.75) is 70.1 Å². The van der Waals surface area contributed by atoms with Crippen LogP contribution in [-0.2, 0) is 29.3 Å². The number of phenolic OH excluding ortho intramolecular Hbond substituents is 1. The average Bonchev–Trinajstić information content (AvgIpc) is 2.90. The van der Waals surface area contributed by atoms with Gasteiger partial charge in [0.05, 0.1) is 17.5 Å². The van der Waals surface area contributed by atoms with Gasteiger partial charge in [0.2, 0.25) is 5.78 Å². The van der Waals surface area contributed by atoms with Crippen LogP contribution in [0.5, 0.6) is 5.75 Å². The Morgan fingerprint density at radius 1 is 1.12 bits per heavy atom. The third-order valence-corrected chi connectivity index (χ3v) is 9.77. The maximum Gasteiger partial charge on any atom is 0.305 e. The summed E-state index contributed by atoms with van der Waals surface area (Å²) in [5.41, 5.74) is 1.63. The Morgan fingerprint density at radius 3 is 2.26 bits per heavy atom. The number of benzene rings is 1. The van der Waals surface area contributed by atoms with E-state index in [2.05, 4.69) is 0 Å². The molecule has 0 aromatic heterocycles. The van der Waals surface area contributed by atoms with Crippen LogP contribution in [0.1, 0.15) is 63.6 Å². The second-order valence-electron chi connectivity index (χ2n) is 12.5. The molecule has 0 saturated heterocycles. The summed E-state index contributed by atoms with van der Waals surface area (Å²) in [6.07, 6.45) is -1.50. The molecule has 11 nitrogen and oxygen atoms in total. The summed E-state index contributed by atoms with van der Waals surface area (Å²) >= 11 is 1.52. The number of carbonyl (C=O) groups is 4. The zero-order valence-corrected chi connectivity index (χ0v) is 26.2. The van der Waals surface area contributed by atoms with Crippen LogP contribution in [-0.4, -0.2) is 92.1 Å². The fourth-order valence-electron chi connectivity index (χ4n) is 6.83. The molecule has 0 heterocycles. The number of hydrogen-bond donors (Lipinski definition) is 5. The number of carbonyl (C=O) groups excluding carboxylic acids is 4. The minimum absolute atomic E-state index is 0.00554. The lowest BCUT2D eigenvalue weighted by molar-refractivity contribution is -0.185. The molecular formula is C31H40N2O9S. The second kappa shape index (κ2) is 11.3. The Hall–Kier alpha value is -3.35. The predicted octanol–water partition coefficient (Wildman–Crippen LogP) is 2.49. The first-order valence-corrected chi connectivity index (χ1v) is 15.4. The lowest BCUT2D eigenvalue weighted by Gasteiger charge is -2.55. The number of primary amides is 1. The number of rotatable bonds is 7. The molecule has 0 spiro atoms. The van der Waals surface area contributed by atoms with Crippen LogP contribution in [0, 0.1) is 11.8 Å². The van der Waals surface area contributed by atoms with Crippen molar-refractivity contribution in [3.8, 4) is 5.75 Å². The maximum atomic E-state index is 14.5. The van der Waals surface area contributed by atoms with E-state index in [1.165, 1.54) is 30.8 Å². The maximum absolute atomic E-state index is 14.5. The number of aliphatic hydroxyl groups is 3. The van der Waals surface area contributed by atoms with Crippen molar-refractivity contribution >= 4 is 41.0 Å². The lowest BCUT2D eigenvalue weighted by Crippen LogP contribution is -2.71. The van der Waals surface area contributed by atoms with Gasteiger partial charge >= 0.3 is 5.97 Å². The quantitative estimate of drug-likeness (QED) is 0.224. The number of esters is 1. The first-order valence-electron chi connectivity index (χ1n) is 14.2. The van der Waals surface area contributed by atoms with Gasteiger partial charge in [-0.3, -0.25) is 24.1 Å². The van der Waals surface area contributed by atoms with Gasteiger partial charge in [-0.05, 0) is 30.8 Å². The molecule has 1 amide bonds. The zero-order chi connectivity index (χ0) is 32.3. The Bertz CT molecular complexity index is 1460. The SMILES string of the molecule is CCSCC1c2ccc(C(C)(C)C)c(O)c2C(O)=C2C(=O)[C@]3(O)C(O)=C(C(N)=O)C(=O)[C@@H](N(C)C)C3C(OC(=O)CC)C21. The molecule has 1 fully saturated rings. The van der Waals surface area contributed by atoms with Crippen molar-refractivity contribution < 1.29 is 44.3 Å². The van der Waals surface area contributed by atoms with Crippen molar-refractivity contribution in [1.82, 2.24) is 4.90 Å². The van der Waals surface area contributed by atoms with Crippen LogP contribution >= 0.6 is 11.8 Å². The predicted molar refractivity (Wildman–Crippen MR) is 161 cm³/mol. The topological polar surface area (TPSA) is 188 Å². The van der Waals surface area contributed by atoms with E-state index < -0.39 is 81.4 Å². The number of Topliss-reactive ketones (excluding diaryl/α,β-unsaturated/α-hetero) is 2. The molecule has 0 radical (unpaired) electrons. The molecule has 0 bridgehead atoms. The largest absolute Gasteiger partial charge is 0.508 e. The number of phenols is 1. The standard InChI is InChI=1S/C31H40N2O9S/c1-8-16(34)42-26-17-14(12-43-9-2)13-10-11-15(30(3,4)5)23(35)18(13)24(36)19(17)27(38)31(41)21(26)22(33(6)7)25(37)20(28(31)39)29(32)40/h10-11,14,17,21-22,26,35-36,39,41H,8-9,12H2,1-7H3,(H2,32,40)/t14?,17?,21?,22-,26?,31-/m0/s1. The summed E-state index contributed by atoms with van der Waals surface area (Å²) in [5.74, 6) is -8.51. The molecule has 1 aromatic rings. The molecular weight excluding hydrogens is 576 g/mol. The highest BCUT2D eigenvalue weighted by atomic mass is 32.2. The van der Waals surface area contributed by atoms with E-state index in [1.807, 2.05) is 27.7 Å². The fraction of sp³-hybridized carbons (Fsp3) is 0.548. The Kier molecular flexibility index (Phi) is 8.55. The number of thioether (sulfide) groups is 1. The summed E-state index contributed by atoms with van der Waals surface area (Å²) in [5, 5.41) is 46.8. The first kappa shape index (κ1) is 32.6. The molecule has 3 aliphatic rings. The highest BCUT2D eigenvalue weighted by Crippen LogP contribution is 2.58. The second-order valence-corrected chi connectivity index (χ2v) is 13.8. The number of ketones is 2. The summed E-state index contributed by atoms with van der Waals surface area (Å²) in [6.45, 7) is 9.13. The van der Waals surface area contributed by atoms with Gasteiger partial charge in [-0.25, -0.2) is 0 Å². The lowest BCUT2D eigenvalue weighted by atomic mass is 9.54. The van der Waals surface area contributed by atoms with Crippen LogP contribution in [0.2, 0.25) is 0 Å². The van der Waals surface area contributed by atoms with Crippen molar-refractivity contribution in [3.05, 3.63) is 45.7 Å². The van der Waals surface area contributed by atoms with Gasteiger partial charge in [-0.2, -0.15) is 11.8 Å². The Labute approximate surface area is 254 Å². The smallest absolute Gasteiger partial charge is 0.305 e. The minimum atomic E-state index is -2.97. The van der Waals surface area contributed by atoms with Crippen molar-refractivity contribution in [2.75, 3.05) is 25.6 Å². The van der Waals surface area contributed by atoms with Crippen LogP contribution in [0.25, 0.3) is 5.76 Å². The fourth-order valence-corrected chi connectivity index (χ4v) is 7.71. The molecule has 234 valence electrons. The molecule has 43 heavy (non-hydrogen) atoms. The van der Waals surface area contributed by atoms with Gasteiger partial charge < -0.3 is 30.9 Å². The van der Waals surface area contributed by atoms with Crippen LogP contribution in [0.4, 0.5) is 0 Å². The Balaban J connectivity index is 2.16. The molecule has 1 saturated carbocycles. The number of hydrogen-bond acceptors (Lipinski definition) is 11. The number of nitrogens with two attached hydrogens (primary N) is 1. The minimum Gasteiger partial charge on any atom is -0.508 e. The summed E-state index contributed by atoms with van der Waals surface area (Å²) in [7, 11) is 2.98. The molecule has 4 rings (SSSR count). The van der Waals surface area contributed by atoms with E-state index in [1.54, 1.807) is 19.1 Å². The van der Waals surface area contributed by atoms with Gasteiger partial charge in [0.1, 0.15) is 28.9 Å². The molecule has 6 atom stereocenters. The molecule has 3 aliphatic carbocycles. The first-order chi connectivity index (χ1) is 20.0. The highest BCUT2D eigenvalue weighted by molar-refractivity contribution is 7.99. The van der Waals surface area contributed by atoms with E-state index in [0.29, 0.717) is 22.6 Å². The normalized spacial score (nSPS) is 28.9. The molecule has 12 heteroatoms. The number of ether oxygens (including phenoxy) is 1. The monoisotopic (exact) mass is 616 g/mol. The van der Waals surface area contributed by atoms with Crippen LogP contribution in [0.15, 0.2) is 29.0 Å². The van der Waals surface area contributed by atoms with Crippen LogP contribution < -0.4 is 5.73 Å². The zero-order valence-electron chi connectivity index (χ0n) is 25.4.